The number of rotatable bonds is 2. The molecule has 3 heteroatoms. The first kappa shape index (κ1) is 10.9. The monoisotopic (exact) mass is 216 g/mol. The third-order valence-electron chi connectivity index (χ3n) is 2.76. The molecule has 0 radical (unpaired) electrons. The first-order chi connectivity index (χ1) is 7.77. The second-order valence-electron chi connectivity index (χ2n) is 4.02. The van der Waals surface area contributed by atoms with Crippen LogP contribution in [0, 0.1) is 0 Å². The maximum Gasteiger partial charge on any atom is 0.265 e. The maximum atomic E-state index is 11.9. The molecule has 16 heavy (non-hydrogen) atoms. The number of amides is 1. The van der Waals surface area contributed by atoms with Gasteiger partial charge < -0.3 is 0 Å². The van der Waals surface area contributed by atoms with Gasteiger partial charge in [-0.2, -0.15) is 0 Å². The molecule has 1 aliphatic rings. The van der Waals surface area contributed by atoms with Gasteiger partial charge in [-0.05, 0) is 25.5 Å². The molecule has 0 fully saturated rings. The SMILES string of the molecule is C[C@H]1CC=CCN1NC(=O)c1ccccc1. The average Bonchev–Trinajstić information content (AvgIpc) is 2.33. The Kier molecular flexibility index (Phi) is 3.37. The zero-order valence-electron chi connectivity index (χ0n) is 9.39. The molecule has 1 aromatic carbocycles. The van der Waals surface area contributed by atoms with Crippen LogP contribution < -0.4 is 5.43 Å². The molecular weight excluding hydrogens is 200 g/mol. The Morgan fingerprint density at radius 2 is 2.06 bits per heavy atom. The van der Waals surface area contributed by atoms with E-state index in [4.69, 9.17) is 0 Å². The fraction of sp³-hybridized carbons (Fsp3) is 0.308. The number of carbonyl (C=O) groups is 1. The van der Waals surface area contributed by atoms with Gasteiger partial charge in [-0.15, -0.1) is 0 Å². The van der Waals surface area contributed by atoms with E-state index in [1.54, 1.807) is 0 Å². The fourth-order valence-corrected chi connectivity index (χ4v) is 1.73. The van der Waals surface area contributed by atoms with Crippen LogP contribution >= 0.6 is 0 Å². The van der Waals surface area contributed by atoms with Crippen molar-refractivity contribution >= 4 is 5.91 Å². The highest BCUT2D eigenvalue weighted by atomic mass is 16.2. The zero-order chi connectivity index (χ0) is 11.4. The molecule has 1 aliphatic heterocycles. The summed E-state index contributed by atoms with van der Waals surface area (Å²) in [5.74, 6) is -0.0391. The standard InChI is InChI=1S/C13H16N2O/c1-11-7-5-6-10-15(11)14-13(16)12-8-3-2-4-9-12/h2-6,8-9,11H,7,10H2,1H3,(H,14,16)/t11-/m0/s1. The fourth-order valence-electron chi connectivity index (χ4n) is 1.73. The molecule has 1 heterocycles. The van der Waals surface area contributed by atoms with Crippen molar-refractivity contribution in [3.8, 4) is 0 Å². The predicted octanol–water partition coefficient (Wildman–Crippen LogP) is 1.98. The van der Waals surface area contributed by atoms with E-state index >= 15 is 0 Å². The van der Waals surface area contributed by atoms with E-state index in [9.17, 15) is 4.79 Å². The zero-order valence-corrected chi connectivity index (χ0v) is 9.39. The lowest BCUT2D eigenvalue weighted by atomic mass is 10.1. The molecule has 0 aromatic heterocycles. The number of nitrogens with zero attached hydrogens (tertiary/aromatic N) is 1. The molecule has 0 unspecified atom stereocenters. The van der Waals surface area contributed by atoms with Crippen LogP contribution in [0.4, 0.5) is 0 Å². The Balaban J connectivity index is 2.00. The summed E-state index contributed by atoms with van der Waals surface area (Å²) in [6.45, 7) is 2.88. The van der Waals surface area contributed by atoms with Gasteiger partial charge in [0.05, 0.1) is 0 Å². The largest absolute Gasteiger partial charge is 0.284 e. The normalized spacial score (nSPS) is 20.7. The number of hydrogen-bond acceptors (Lipinski definition) is 2. The van der Waals surface area contributed by atoms with Crippen molar-refractivity contribution < 1.29 is 4.79 Å². The Morgan fingerprint density at radius 3 is 2.75 bits per heavy atom. The quantitative estimate of drug-likeness (QED) is 0.767. The van der Waals surface area contributed by atoms with Crippen LogP contribution in [-0.2, 0) is 0 Å². The molecule has 0 aliphatic carbocycles. The number of carbonyl (C=O) groups excluding carboxylic acids is 1. The smallest absolute Gasteiger partial charge is 0.265 e. The first-order valence-electron chi connectivity index (χ1n) is 5.55. The molecule has 3 nitrogen and oxygen atoms in total. The van der Waals surface area contributed by atoms with Gasteiger partial charge in [0.1, 0.15) is 0 Å². The minimum atomic E-state index is -0.0391. The van der Waals surface area contributed by atoms with Crippen LogP contribution in [0.3, 0.4) is 0 Å². The average molecular weight is 216 g/mol. The van der Waals surface area contributed by atoms with Gasteiger partial charge in [0.25, 0.3) is 5.91 Å². The first-order valence-corrected chi connectivity index (χ1v) is 5.55. The Bertz CT molecular complexity index is 386. The van der Waals surface area contributed by atoms with Crippen molar-refractivity contribution in [3.63, 3.8) is 0 Å². The van der Waals surface area contributed by atoms with Crippen LogP contribution in [-0.4, -0.2) is 23.5 Å². The van der Waals surface area contributed by atoms with E-state index in [1.807, 2.05) is 35.3 Å². The van der Waals surface area contributed by atoms with Gasteiger partial charge in [-0.25, -0.2) is 5.01 Å². The van der Waals surface area contributed by atoms with E-state index in [2.05, 4.69) is 24.5 Å². The van der Waals surface area contributed by atoms with Crippen molar-refractivity contribution in [2.24, 2.45) is 0 Å². The molecular formula is C13H16N2O. The molecule has 0 bridgehead atoms. The predicted molar refractivity (Wildman–Crippen MR) is 63.8 cm³/mol. The van der Waals surface area contributed by atoms with Gasteiger partial charge in [0, 0.05) is 18.2 Å². The summed E-state index contributed by atoms with van der Waals surface area (Å²) in [5.41, 5.74) is 3.63. The lowest BCUT2D eigenvalue weighted by Crippen LogP contribution is -2.48. The second kappa shape index (κ2) is 4.94. The third kappa shape index (κ3) is 2.49. The van der Waals surface area contributed by atoms with Crippen LogP contribution in [0.25, 0.3) is 0 Å². The molecule has 1 N–H and O–H groups in total. The van der Waals surface area contributed by atoms with Crippen molar-refractivity contribution in [3.05, 3.63) is 48.0 Å². The summed E-state index contributed by atoms with van der Waals surface area (Å²) in [4.78, 5) is 11.9. The number of benzene rings is 1. The Hall–Kier alpha value is -1.61. The summed E-state index contributed by atoms with van der Waals surface area (Å²) in [7, 11) is 0. The van der Waals surface area contributed by atoms with E-state index in [-0.39, 0.29) is 5.91 Å². The van der Waals surface area contributed by atoms with Crippen LogP contribution in [0.5, 0.6) is 0 Å². The summed E-state index contributed by atoms with van der Waals surface area (Å²) < 4.78 is 0. The Morgan fingerprint density at radius 1 is 1.31 bits per heavy atom. The molecule has 1 amide bonds. The molecule has 0 spiro atoms. The minimum absolute atomic E-state index is 0.0391. The van der Waals surface area contributed by atoms with E-state index < -0.39 is 0 Å². The van der Waals surface area contributed by atoms with Crippen molar-refractivity contribution in [1.82, 2.24) is 10.4 Å². The van der Waals surface area contributed by atoms with Gasteiger partial charge >= 0.3 is 0 Å². The number of hydrazine groups is 1. The maximum absolute atomic E-state index is 11.9. The highest BCUT2D eigenvalue weighted by Crippen LogP contribution is 2.08. The molecule has 84 valence electrons. The molecule has 0 saturated heterocycles. The van der Waals surface area contributed by atoms with Crippen LogP contribution in [0.2, 0.25) is 0 Å². The van der Waals surface area contributed by atoms with E-state index in [0.29, 0.717) is 11.6 Å². The topological polar surface area (TPSA) is 32.3 Å². The van der Waals surface area contributed by atoms with Gasteiger partial charge in [0.15, 0.2) is 0 Å². The van der Waals surface area contributed by atoms with Crippen molar-refractivity contribution in [1.29, 1.82) is 0 Å². The van der Waals surface area contributed by atoms with Gasteiger partial charge in [0.2, 0.25) is 0 Å². The minimum Gasteiger partial charge on any atom is -0.284 e. The lowest BCUT2D eigenvalue weighted by molar-refractivity contribution is 0.0727. The number of nitrogens with one attached hydrogen (secondary N) is 1. The summed E-state index contributed by atoms with van der Waals surface area (Å²) >= 11 is 0. The number of hydrogen-bond donors (Lipinski definition) is 1. The lowest BCUT2D eigenvalue weighted by Gasteiger charge is -2.30. The Labute approximate surface area is 95.7 Å². The molecule has 2 rings (SSSR count). The van der Waals surface area contributed by atoms with Crippen LogP contribution in [0.1, 0.15) is 23.7 Å². The second-order valence-corrected chi connectivity index (χ2v) is 4.02. The van der Waals surface area contributed by atoms with Crippen molar-refractivity contribution in [2.75, 3.05) is 6.54 Å². The molecule has 1 atom stereocenters. The highest BCUT2D eigenvalue weighted by molar-refractivity contribution is 5.93. The van der Waals surface area contributed by atoms with E-state index in [1.165, 1.54) is 0 Å². The summed E-state index contributed by atoms with van der Waals surface area (Å²) in [6, 6.07) is 9.64. The van der Waals surface area contributed by atoms with Crippen LogP contribution in [0.15, 0.2) is 42.5 Å². The van der Waals surface area contributed by atoms with Gasteiger partial charge in [-0.3, -0.25) is 10.2 Å². The summed E-state index contributed by atoms with van der Waals surface area (Å²) in [5, 5.41) is 1.97. The molecule has 0 saturated carbocycles. The van der Waals surface area contributed by atoms with Crippen molar-refractivity contribution in [2.45, 2.75) is 19.4 Å². The molecule has 1 aromatic rings. The van der Waals surface area contributed by atoms with Gasteiger partial charge in [-0.1, -0.05) is 30.4 Å². The summed E-state index contributed by atoms with van der Waals surface area (Å²) in [6.07, 6.45) is 5.20. The van der Waals surface area contributed by atoms with E-state index in [0.717, 1.165) is 13.0 Å². The highest BCUT2D eigenvalue weighted by Gasteiger charge is 2.17. The third-order valence-corrected chi connectivity index (χ3v) is 2.76.